The molecule has 23 heavy (non-hydrogen) atoms. The number of carbonyl (C=O) groups is 1. The van der Waals surface area contributed by atoms with Gasteiger partial charge in [-0.15, -0.1) is 11.3 Å². The summed E-state index contributed by atoms with van der Waals surface area (Å²) in [5.74, 6) is 0.629. The molecule has 3 heterocycles. The van der Waals surface area contributed by atoms with Crippen molar-refractivity contribution in [3.05, 3.63) is 48.0 Å². The molecule has 118 valence electrons. The maximum atomic E-state index is 12.8. The van der Waals surface area contributed by atoms with Crippen LogP contribution >= 0.6 is 11.3 Å². The monoisotopic (exact) mass is 326 g/mol. The lowest BCUT2D eigenvalue weighted by Gasteiger charge is -2.33. The van der Waals surface area contributed by atoms with Crippen molar-refractivity contribution in [2.24, 2.45) is 5.92 Å². The molecular formula is C17H18N4OS. The Hall–Kier alpha value is -2.21. The molecule has 1 amide bonds. The first-order valence-corrected chi connectivity index (χ1v) is 8.76. The molecule has 0 radical (unpaired) electrons. The number of amides is 1. The number of hydrogen-bond donors (Lipinski definition) is 0. The lowest BCUT2D eigenvalue weighted by Crippen LogP contribution is -2.41. The highest BCUT2D eigenvalue weighted by Crippen LogP contribution is 2.23. The Morgan fingerprint density at radius 2 is 2.35 bits per heavy atom. The molecule has 1 atom stereocenters. The zero-order valence-corrected chi connectivity index (χ0v) is 13.6. The molecular weight excluding hydrogens is 308 g/mol. The van der Waals surface area contributed by atoms with Gasteiger partial charge in [0.25, 0.3) is 5.91 Å². The van der Waals surface area contributed by atoms with Crippen molar-refractivity contribution in [1.82, 2.24) is 19.4 Å². The zero-order valence-electron chi connectivity index (χ0n) is 12.8. The summed E-state index contributed by atoms with van der Waals surface area (Å²) < 4.78 is 3.17. The maximum Gasteiger partial charge on any atom is 0.253 e. The van der Waals surface area contributed by atoms with E-state index in [4.69, 9.17) is 0 Å². The average Bonchev–Trinajstić information content (AvgIpc) is 3.25. The minimum atomic E-state index is 0.135. The minimum absolute atomic E-state index is 0.135. The number of fused-ring (bicyclic) bond motifs is 1. The Balaban J connectivity index is 1.48. The zero-order chi connectivity index (χ0) is 15.6. The molecule has 1 aromatic carbocycles. The summed E-state index contributed by atoms with van der Waals surface area (Å²) in [6, 6.07) is 5.80. The van der Waals surface area contributed by atoms with Crippen molar-refractivity contribution >= 4 is 27.5 Å². The van der Waals surface area contributed by atoms with E-state index in [2.05, 4.69) is 14.5 Å². The predicted octanol–water partition coefficient (Wildman–Crippen LogP) is 3.05. The molecule has 1 saturated heterocycles. The fraction of sp³-hybridized carbons (Fsp3) is 0.353. The molecule has 0 aliphatic carbocycles. The summed E-state index contributed by atoms with van der Waals surface area (Å²) in [6.45, 7) is 2.59. The lowest BCUT2D eigenvalue weighted by molar-refractivity contribution is 0.0662. The standard InChI is InChI=1S/C17H18N4OS/c22-17(14-3-4-15-16(8-14)23-12-19-15)21-6-1-2-13(10-21)9-20-7-5-18-11-20/h3-5,7-8,11-13H,1-2,6,9-10H2/t13-/m1/s1. The number of nitrogens with zero attached hydrogens (tertiary/aromatic N) is 4. The quantitative estimate of drug-likeness (QED) is 0.743. The molecule has 1 aliphatic rings. The van der Waals surface area contributed by atoms with Crippen LogP contribution in [-0.4, -0.2) is 38.4 Å². The van der Waals surface area contributed by atoms with E-state index in [-0.39, 0.29) is 5.91 Å². The third-order valence-electron chi connectivity index (χ3n) is 4.41. The van der Waals surface area contributed by atoms with E-state index in [1.54, 1.807) is 17.5 Å². The van der Waals surface area contributed by atoms with Gasteiger partial charge in [-0.25, -0.2) is 9.97 Å². The first-order chi connectivity index (χ1) is 11.3. The molecule has 6 heteroatoms. The van der Waals surface area contributed by atoms with Gasteiger partial charge in [-0.3, -0.25) is 4.79 Å². The van der Waals surface area contributed by atoms with Crippen LogP contribution in [0.15, 0.2) is 42.4 Å². The highest BCUT2D eigenvalue weighted by atomic mass is 32.1. The van der Waals surface area contributed by atoms with Crippen LogP contribution in [0.25, 0.3) is 10.2 Å². The van der Waals surface area contributed by atoms with Crippen LogP contribution in [0.4, 0.5) is 0 Å². The predicted molar refractivity (Wildman–Crippen MR) is 90.5 cm³/mol. The number of rotatable bonds is 3. The number of carbonyl (C=O) groups excluding carboxylic acids is 1. The smallest absolute Gasteiger partial charge is 0.253 e. The molecule has 1 fully saturated rings. The van der Waals surface area contributed by atoms with E-state index in [0.29, 0.717) is 5.92 Å². The van der Waals surface area contributed by atoms with Crippen LogP contribution in [-0.2, 0) is 6.54 Å². The van der Waals surface area contributed by atoms with E-state index in [9.17, 15) is 4.79 Å². The maximum absolute atomic E-state index is 12.8. The third kappa shape index (κ3) is 2.99. The largest absolute Gasteiger partial charge is 0.338 e. The molecule has 0 N–H and O–H groups in total. The number of imidazole rings is 1. The fourth-order valence-corrected chi connectivity index (χ4v) is 3.98. The summed E-state index contributed by atoms with van der Waals surface area (Å²) in [5, 5.41) is 0. The van der Waals surface area contributed by atoms with Gasteiger partial charge >= 0.3 is 0 Å². The third-order valence-corrected chi connectivity index (χ3v) is 5.20. The SMILES string of the molecule is O=C(c1ccc2ncsc2c1)N1CCC[C@H](Cn2ccnc2)C1. The highest BCUT2D eigenvalue weighted by molar-refractivity contribution is 7.16. The number of benzene rings is 1. The Bertz CT molecular complexity index is 811. The fourth-order valence-electron chi connectivity index (χ4n) is 3.26. The second-order valence-corrected chi connectivity index (χ2v) is 6.94. The van der Waals surface area contributed by atoms with Crippen LogP contribution in [0.3, 0.4) is 0 Å². The normalized spacial score (nSPS) is 18.4. The van der Waals surface area contributed by atoms with Gasteiger partial charge in [0.15, 0.2) is 0 Å². The summed E-state index contributed by atoms with van der Waals surface area (Å²) in [6.07, 6.45) is 7.86. The summed E-state index contributed by atoms with van der Waals surface area (Å²) in [5.41, 5.74) is 3.55. The Kier molecular flexibility index (Phi) is 3.83. The van der Waals surface area contributed by atoms with Gasteiger partial charge in [-0.2, -0.15) is 0 Å². The highest BCUT2D eigenvalue weighted by Gasteiger charge is 2.24. The van der Waals surface area contributed by atoms with Crippen LogP contribution < -0.4 is 0 Å². The molecule has 0 bridgehead atoms. The summed E-state index contributed by atoms with van der Waals surface area (Å²) in [7, 11) is 0. The number of piperidine rings is 1. The second-order valence-electron chi connectivity index (χ2n) is 6.05. The number of thiazole rings is 1. The van der Waals surface area contributed by atoms with Crippen LogP contribution in [0, 0.1) is 5.92 Å². The van der Waals surface area contributed by atoms with Gasteiger partial charge < -0.3 is 9.47 Å². The van der Waals surface area contributed by atoms with Crippen molar-refractivity contribution in [2.45, 2.75) is 19.4 Å². The lowest BCUT2D eigenvalue weighted by atomic mass is 9.97. The number of hydrogen-bond acceptors (Lipinski definition) is 4. The number of aromatic nitrogens is 3. The Labute approximate surface area is 138 Å². The molecule has 0 unspecified atom stereocenters. The van der Waals surface area contributed by atoms with Crippen molar-refractivity contribution in [1.29, 1.82) is 0 Å². The van der Waals surface area contributed by atoms with Crippen LogP contribution in [0.5, 0.6) is 0 Å². The summed E-state index contributed by atoms with van der Waals surface area (Å²) >= 11 is 1.58. The van der Waals surface area contributed by atoms with E-state index in [1.807, 2.05) is 41.1 Å². The van der Waals surface area contributed by atoms with E-state index in [0.717, 1.165) is 48.3 Å². The van der Waals surface area contributed by atoms with Gasteiger partial charge in [0.2, 0.25) is 0 Å². The minimum Gasteiger partial charge on any atom is -0.338 e. The second kappa shape index (κ2) is 6.12. The molecule has 2 aromatic heterocycles. The van der Waals surface area contributed by atoms with Crippen molar-refractivity contribution < 1.29 is 4.79 Å². The average molecular weight is 326 g/mol. The van der Waals surface area contributed by atoms with Gasteiger partial charge in [-0.05, 0) is 37.0 Å². The van der Waals surface area contributed by atoms with Gasteiger partial charge in [0.1, 0.15) is 0 Å². The van der Waals surface area contributed by atoms with Gasteiger partial charge in [-0.1, -0.05) is 0 Å². The van der Waals surface area contributed by atoms with E-state index in [1.165, 1.54) is 0 Å². The first kappa shape index (κ1) is 14.4. The Morgan fingerprint density at radius 3 is 3.22 bits per heavy atom. The molecule has 0 saturated carbocycles. The van der Waals surface area contributed by atoms with E-state index >= 15 is 0 Å². The van der Waals surface area contributed by atoms with Crippen LogP contribution in [0.1, 0.15) is 23.2 Å². The van der Waals surface area contributed by atoms with E-state index < -0.39 is 0 Å². The molecule has 0 spiro atoms. The summed E-state index contributed by atoms with van der Waals surface area (Å²) in [4.78, 5) is 23.2. The topological polar surface area (TPSA) is 51.0 Å². The molecule has 5 nitrogen and oxygen atoms in total. The van der Waals surface area contributed by atoms with Crippen LogP contribution in [0.2, 0.25) is 0 Å². The van der Waals surface area contributed by atoms with Gasteiger partial charge in [0, 0.05) is 37.6 Å². The number of likely N-dealkylation sites (tertiary alicyclic amines) is 1. The molecule has 4 rings (SSSR count). The van der Waals surface area contributed by atoms with Crippen molar-refractivity contribution in [3.8, 4) is 0 Å². The molecule has 1 aliphatic heterocycles. The molecule has 3 aromatic rings. The van der Waals surface area contributed by atoms with Gasteiger partial charge in [0.05, 0.1) is 22.1 Å². The first-order valence-electron chi connectivity index (χ1n) is 7.88. The van der Waals surface area contributed by atoms with Crippen molar-refractivity contribution in [2.75, 3.05) is 13.1 Å². The Morgan fingerprint density at radius 1 is 1.39 bits per heavy atom. The van der Waals surface area contributed by atoms with Crippen molar-refractivity contribution in [3.63, 3.8) is 0 Å².